The summed E-state index contributed by atoms with van der Waals surface area (Å²) in [6, 6.07) is 4.77. The number of rotatable bonds is 8. The third kappa shape index (κ3) is 5.21. The Morgan fingerprint density at radius 3 is 2.32 bits per heavy atom. The number of carbonyl (C=O) groups is 1. The fourth-order valence-corrected chi connectivity index (χ4v) is 4.10. The second-order valence-corrected chi connectivity index (χ2v) is 7.93. The largest absolute Gasteiger partial charge is 0.369 e. The molecule has 0 saturated carbocycles. The quantitative estimate of drug-likeness (QED) is 0.299. The van der Waals surface area contributed by atoms with Crippen molar-refractivity contribution in [1.29, 1.82) is 5.26 Å². The normalized spacial score (nSPS) is 14.6. The van der Waals surface area contributed by atoms with Gasteiger partial charge in [-0.2, -0.15) is 5.26 Å². The van der Waals surface area contributed by atoms with E-state index in [0.29, 0.717) is 42.5 Å². The zero-order valence-electron chi connectivity index (χ0n) is 15.7. The number of carbonyl (C=O) groups excluding carboxylic acids is 1. The van der Waals surface area contributed by atoms with Crippen LogP contribution in [0.1, 0.15) is 22.8 Å². The van der Waals surface area contributed by atoms with Crippen LogP contribution in [0.25, 0.3) is 0 Å². The number of nitro groups is 1. The molecule has 28 heavy (non-hydrogen) atoms. The molecule has 0 spiro atoms. The van der Waals surface area contributed by atoms with E-state index in [1.165, 1.54) is 12.1 Å². The summed E-state index contributed by atoms with van der Waals surface area (Å²) in [5.41, 5.74) is 0.461. The fraction of sp³-hybridized carbons (Fsp3) is 0.556. The van der Waals surface area contributed by atoms with E-state index in [2.05, 4.69) is 43.7 Å². The number of nitrogens with zero attached hydrogens (tertiary/aromatic N) is 5. The maximum absolute atomic E-state index is 13.1. The summed E-state index contributed by atoms with van der Waals surface area (Å²) in [6.45, 7) is 6.77. The number of alkyl halides is 2. The summed E-state index contributed by atoms with van der Waals surface area (Å²) in [7, 11) is 0. The summed E-state index contributed by atoms with van der Waals surface area (Å²) in [5, 5.41) is 22.5. The van der Waals surface area contributed by atoms with Gasteiger partial charge in [0.1, 0.15) is 11.6 Å². The van der Waals surface area contributed by atoms with Crippen molar-refractivity contribution in [1.82, 2.24) is 9.80 Å². The summed E-state index contributed by atoms with van der Waals surface area (Å²) in [5.74, 6) is -0.356. The fourth-order valence-electron chi connectivity index (χ4n) is 3.24. The molecule has 1 aliphatic heterocycles. The Bertz CT molecular complexity index is 754. The molecule has 1 aromatic carbocycles. The summed E-state index contributed by atoms with van der Waals surface area (Å²) in [6.07, 6.45) is 0. The molecule has 0 aromatic heterocycles. The number of likely N-dealkylation sites (N-methyl/N-ethyl adjacent to an activating group) is 1. The molecular formula is C18H23Br2N5O3. The first-order chi connectivity index (χ1) is 13.5. The molecule has 1 heterocycles. The van der Waals surface area contributed by atoms with Gasteiger partial charge in [0.2, 0.25) is 0 Å². The lowest BCUT2D eigenvalue weighted by Crippen LogP contribution is -2.48. The van der Waals surface area contributed by atoms with Crippen LogP contribution in [0.2, 0.25) is 0 Å². The van der Waals surface area contributed by atoms with Crippen molar-refractivity contribution in [3.63, 3.8) is 0 Å². The average Bonchev–Trinajstić information content (AvgIpc) is 2.72. The highest BCUT2D eigenvalue weighted by molar-refractivity contribution is 9.09. The lowest BCUT2D eigenvalue weighted by molar-refractivity contribution is -0.385. The van der Waals surface area contributed by atoms with Crippen molar-refractivity contribution in [3.8, 4) is 6.07 Å². The van der Waals surface area contributed by atoms with E-state index < -0.39 is 4.92 Å². The van der Waals surface area contributed by atoms with Crippen LogP contribution in [0.5, 0.6) is 0 Å². The van der Waals surface area contributed by atoms with Crippen LogP contribution in [0, 0.1) is 21.4 Å². The number of halogens is 2. The van der Waals surface area contributed by atoms with E-state index in [1.54, 1.807) is 4.90 Å². The highest BCUT2D eigenvalue weighted by Gasteiger charge is 2.30. The SMILES string of the molecule is CCN1CCN(C(=O)c2cc(N(CCBr)CCBr)c(C#N)cc2[N+](=O)[O-])CC1. The standard InChI is InChI=1S/C18H23Br2N5O3/c1-2-22-7-9-24(10-8-22)18(26)15-12-16(23(5-3-19)6-4-20)14(13-21)11-17(15)25(27)28/h11-12H,2-10H2,1H3. The van der Waals surface area contributed by atoms with Gasteiger partial charge in [-0.05, 0) is 12.6 Å². The van der Waals surface area contributed by atoms with Crippen LogP contribution in [-0.2, 0) is 0 Å². The number of hydrogen-bond acceptors (Lipinski definition) is 6. The lowest BCUT2D eigenvalue weighted by Gasteiger charge is -2.34. The molecule has 0 radical (unpaired) electrons. The second kappa shape index (κ2) is 10.7. The first kappa shape index (κ1) is 22.6. The van der Waals surface area contributed by atoms with Crippen molar-refractivity contribution in [2.75, 3.05) is 61.4 Å². The Labute approximate surface area is 181 Å². The number of nitro benzene ring substituents is 1. The molecule has 0 aliphatic carbocycles. The van der Waals surface area contributed by atoms with Crippen molar-refractivity contribution in [2.45, 2.75) is 6.92 Å². The molecule has 0 bridgehead atoms. The molecule has 1 aromatic rings. The molecule has 1 saturated heterocycles. The van der Waals surface area contributed by atoms with Crippen LogP contribution in [0.15, 0.2) is 12.1 Å². The predicted octanol–water partition coefficient (Wildman–Crippen LogP) is 2.84. The van der Waals surface area contributed by atoms with Gasteiger partial charge in [-0.15, -0.1) is 0 Å². The Morgan fingerprint density at radius 2 is 1.86 bits per heavy atom. The van der Waals surface area contributed by atoms with Gasteiger partial charge in [0.05, 0.1) is 16.2 Å². The molecule has 1 aliphatic rings. The zero-order chi connectivity index (χ0) is 20.7. The van der Waals surface area contributed by atoms with Gasteiger partial charge in [-0.25, -0.2) is 0 Å². The van der Waals surface area contributed by atoms with Gasteiger partial charge in [0.25, 0.3) is 11.6 Å². The van der Waals surface area contributed by atoms with Gasteiger partial charge in [0.15, 0.2) is 0 Å². The summed E-state index contributed by atoms with van der Waals surface area (Å²) in [4.78, 5) is 29.9. The minimum atomic E-state index is -0.584. The summed E-state index contributed by atoms with van der Waals surface area (Å²) < 4.78 is 0. The minimum absolute atomic E-state index is 0.0399. The molecule has 0 N–H and O–H groups in total. The Hall–Kier alpha value is -1.70. The lowest BCUT2D eigenvalue weighted by atomic mass is 10.0. The van der Waals surface area contributed by atoms with E-state index in [1.807, 2.05) is 11.0 Å². The highest BCUT2D eigenvalue weighted by atomic mass is 79.9. The van der Waals surface area contributed by atoms with Crippen LogP contribution in [-0.4, -0.2) is 77.1 Å². The second-order valence-electron chi connectivity index (χ2n) is 6.35. The van der Waals surface area contributed by atoms with E-state index in [-0.39, 0.29) is 22.7 Å². The number of piperazine rings is 1. The molecule has 0 unspecified atom stereocenters. The molecule has 0 atom stereocenters. The van der Waals surface area contributed by atoms with E-state index in [4.69, 9.17) is 0 Å². The highest BCUT2D eigenvalue weighted by Crippen LogP contribution is 2.31. The molecular weight excluding hydrogens is 494 g/mol. The van der Waals surface area contributed by atoms with Gasteiger partial charge in [-0.3, -0.25) is 14.9 Å². The van der Waals surface area contributed by atoms with Crippen molar-refractivity contribution in [3.05, 3.63) is 33.4 Å². The molecule has 1 fully saturated rings. The van der Waals surface area contributed by atoms with E-state index in [0.717, 1.165) is 19.6 Å². The molecule has 152 valence electrons. The van der Waals surface area contributed by atoms with Crippen molar-refractivity contribution < 1.29 is 9.72 Å². The molecule has 8 nitrogen and oxygen atoms in total. The molecule has 10 heteroatoms. The first-order valence-corrected chi connectivity index (χ1v) is 11.3. The number of anilines is 1. The van der Waals surface area contributed by atoms with Crippen molar-refractivity contribution in [2.24, 2.45) is 0 Å². The van der Waals surface area contributed by atoms with Crippen LogP contribution < -0.4 is 4.90 Å². The van der Waals surface area contributed by atoms with Crippen LogP contribution in [0.4, 0.5) is 11.4 Å². The average molecular weight is 517 g/mol. The number of amides is 1. The maximum Gasteiger partial charge on any atom is 0.283 e. The number of nitriles is 1. The number of benzene rings is 1. The zero-order valence-corrected chi connectivity index (χ0v) is 18.9. The monoisotopic (exact) mass is 515 g/mol. The van der Waals surface area contributed by atoms with Gasteiger partial charge in [0, 0.05) is 56.0 Å². The predicted molar refractivity (Wildman–Crippen MR) is 116 cm³/mol. The molecule has 2 rings (SSSR count). The Kier molecular flexibility index (Phi) is 8.66. The third-order valence-electron chi connectivity index (χ3n) is 4.82. The van der Waals surface area contributed by atoms with E-state index in [9.17, 15) is 20.2 Å². The third-order valence-corrected chi connectivity index (χ3v) is 5.53. The summed E-state index contributed by atoms with van der Waals surface area (Å²) >= 11 is 6.79. The van der Waals surface area contributed by atoms with Crippen LogP contribution >= 0.6 is 31.9 Å². The van der Waals surface area contributed by atoms with Gasteiger partial charge in [-0.1, -0.05) is 38.8 Å². The Morgan fingerprint density at radius 1 is 1.25 bits per heavy atom. The molecule has 1 amide bonds. The van der Waals surface area contributed by atoms with E-state index >= 15 is 0 Å². The topological polar surface area (TPSA) is 93.7 Å². The maximum atomic E-state index is 13.1. The van der Waals surface area contributed by atoms with Gasteiger partial charge < -0.3 is 14.7 Å². The minimum Gasteiger partial charge on any atom is -0.369 e. The van der Waals surface area contributed by atoms with Crippen molar-refractivity contribution >= 4 is 49.1 Å². The van der Waals surface area contributed by atoms with Gasteiger partial charge >= 0.3 is 0 Å². The smallest absolute Gasteiger partial charge is 0.283 e. The number of hydrogen-bond donors (Lipinski definition) is 0. The van der Waals surface area contributed by atoms with Crippen LogP contribution in [0.3, 0.4) is 0 Å². The Balaban J connectivity index is 2.46. The first-order valence-electron chi connectivity index (χ1n) is 9.07.